The van der Waals surface area contributed by atoms with E-state index in [0.29, 0.717) is 0 Å². The minimum atomic E-state index is 1.01. The van der Waals surface area contributed by atoms with Crippen LogP contribution < -0.4 is 4.74 Å². The molecule has 1 rings (SSSR count). The molecule has 0 spiro atoms. The summed E-state index contributed by atoms with van der Waals surface area (Å²) in [4.78, 5) is 2.57. The summed E-state index contributed by atoms with van der Waals surface area (Å²) in [6.45, 7) is 4.15. The Kier molecular flexibility index (Phi) is 1.76. The van der Waals surface area contributed by atoms with Gasteiger partial charge in [-0.05, 0) is 19.9 Å². The fraction of sp³-hybridized carbons (Fsp3) is 0.429. The van der Waals surface area contributed by atoms with Gasteiger partial charge in [0.15, 0.2) is 0 Å². The SMILES string of the molecule is COc1cc(C)sc1C. The summed E-state index contributed by atoms with van der Waals surface area (Å²) in [7, 11) is 1.70. The van der Waals surface area contributed by atoms with Crippen molar-refractivity contribution < 1.29 is 4.74 Å². The van der Waals surface area contributed by atoms with Crippen LogP contribution in [0, 0.1) is 13.8 Å². The molecule has 1 aromatic rings. The molecule has 50 valence electrons. The van der Waals surface area contributed by atoms with E-state index in [-0.39, 0.29) is 0 Å². The van der Waals surface area contributed by atoms with E-state index < -0.39 is 0 Å². The topological polar surface area (TPSA) is 9.23 Å². The maximum Gasteiger partial charge on any atom is 0.132 e. The first-order valence-corrected chi connectivity index (χ1v) is 3.66. The highest BCUT2D eigenvalue weighted by Crippen LogP contribution is 2.26. The lowest BCUT2D eigenvalue weighted by Gasteiger charge is -1.92. The molecule has 0 aliphatic heterocycles. The molecular formula is C7H10OS. The molecule has 0 saturated heterocycles. The highest BCUT2D eigenvalue weighted by atomic mass is 32.1. The molecule has 0 aromatic carbocycles. The van der Waals surface area contributed by atoms with Crippen molar-refractivity contribution in [3.63, 3.8) is 0 Å². The second kappa shape index (κ2) is 2.40. The van der Waals surface area contributed by atoms with E-state index in [1.165, 1.54) is 9.75 Å². The molecule has 0 aliphatic rings. The number of ether oxygens (including phenoxy) is 1. The first kappa shape index (κ1) is 6.62. The summed E-state index contributed by atoms with van der Waals surface area (Å²) in [5.41, 5.74) is 0. The lowest BCUT2D eigenvalue weighted by atomic mass is 10.4. The Hall–Kier alpha value is -0.500. The van der Waals surface area contributed by atoms with Gasteiger partial charge in [0.25, 0.3) is 0 Å². The molecule has 0 aliphatic carbocycles. The van der Waals surface area contributed by atoms with Crippen molar-refractivity contribution in [2.45, 2.75) is 13.8 Å². The number of rotatable bonds is 1. The van der Waals surface area contributed by atoms with Crippen LogP contribution in [0.4, 0.5) is 0 Å². The van der Waals surface area contributed by atoms with E-state index in [0.717, 1.165) is 5.75 Å². The van der Waals surface area contributed by atoms with Crippen LogP contribution in [-0.2, 0) is 0 Å². The normalized spacial score (nSPS) is 9.67. The summed E-state index contributed by atoms with van der Waals surface area (Å²) < 4.78 is 5.08. The Balaban J connectivity index is 3.01. The Bertz CT molecular complexity index is 203. The molecule has 2 heteroatoms. The summed E-state index contributed by atoms with van der Waals surface area (Å²) in [5.74, 6) is 1.01. The molecular weight excluding hydrogens is 132 g/mol. The average molecular weight is 142 g/mol. The van der Waals surface area contributed by atoms with Crippen molar-refractivity contribution in [2.24, 2.45) is 0 Å². The van der Waals surface area contributed by atoms with E-state index in [1.54, 1.807) is 18.4 Å². The molecule has 0 N–H and O–H groups in total. The number of aryl methyl sites for hydroxylation is 2. The van der Waals surface area contributed by atoms with Crippen LogP contribution in [0.5, 0.6) is 5.75 Å². The molecule has 0 atom stereocenters. The van der Waals surface area contributed by atoms with E-state index in [1.807, 2.05) is 0 Å². The summed E-state index contributed by atoms with van der Waals surface area (Å²) >= 11 is 1.77. The second-order valence-electron chi connectivity index (χ2n) is 1.98. The van der Waals surface area contributed by atoms with Gasteiger partial charge < -0.3 is 4.74 Å². The van der Waals surface area contributed by atoms with Crippen LogP contribution in [0.2, 0.25) is 0 Å². The monoisotopic (exact) mass is 142 g/mol. The van der Waals surface area contributed by atoms with Crippen molar-refractivity contribution in [3.05, 3.63) is 15.8 Å². The van der Waals surface area contributed by atoms with Crippen LogP contribution in [-0.4, -0.2) is 7.11 Å². The van der Waals surface area contributed by atoms with Gasteiger partial charge in [-0.1, -0.05) is 0 Å². The Labute approximate surface area is 59.3 Å². The van der Waals surface area contributed by atoms with Crippen molar-refractivity contribution in [2.75, 3.05) is 7.11 Å². The maximum atomic E-state index is 5.08. The number of thiophene rings is 1. The van der Waals surface area contributed by atoms with E-state index >= 15 is 0 Å². The summed E-state index contributed by atoms with van der Waals surface area (Å²) in [6, 6.07) is 2.06. The van der Waals surface area contributed by atoms with Crippen LogP contribution in [0.1, 0.15) is 9.75 Å². The Morgan fingerprint density at radius 3 is 2.33 bits per heavy atom. The standard InChI is InChI=1S/C7H10OS/c1-5-4-7(8-3)6(2)9-5/h4H,1-3H3. The number of hydrogen-bond acceptors (Lipinski definition) is 2. The van der Waals surface area contributed by atoms with Crippen molar-refractivity contribution in [1.29, 1.82) is 0 Å². The molecule has 9 heavy (non-hydrogen) atoms. The molecule has 0 saturated carbocycles. The summed E-state index contributed by atoms with van der Waals surface area (Å²) in [6.07, 6.45) is 0. The quantitative estimate of drug-likeness (QED) is 0.585. The minimum Gasteiger partial charge on any atom is -0.496 e. The van der Waals surface area contributed by atoms with E-state index in [2.05, 4.69) is 19.9 Å². The van der Waals surface area contributed by atoms with Crippen molar-refractivity contribution >= 4 is 11.3 Å². The van der Waals surface area contributed by atoms with E-state index in [4.69, 9.17) is 4.74 Å². The van der Waals surface area contributed by atoms with Crippen LogP contribution >= 0.6 is 11.3 Å². The molecule has 1 aromatic heterocycles. The lowest BCUT2D eigenvalue weighted by molar-refractivity contribution is 0.414. The third-order valence-electron chi connectivity index (χ3n) is 1.22. The van der Waals surface area contributed by atoms with Gasteiger partial charge >= 0.3 is 0 Å². The van der Waals surface area contributed by atoms with Crippen molar-refractivity contribution in [1.82, 2.24) is 0 Å². The molecule has 0 amide bonds. The molecule has 1 nitrogen and oxygen atoms in total. The summed E-state index contributed by atoms with van der Waals surface area (Å²) in [5, 5.41) is 0. The fourth-order valence-electron chi connectivity index (χ4n) is 0.810. The zero-order valence-electron chi connectivity index (χ0n) is 5.89. The van der Waals surface area contributed by atoms with Crippen LogP contribution in [0.25, 0.3) is 0 Å². The van der Waals surface area contributed by atoms with Gasteiger partial charge in [-0.3, -0.25) is 0 Å². The van der Waals surface area contributed by atoms with Gasteiger partial charge in [-0.2, -0.15) is 0 Å². The highest BCUT2D eigenvalue weighted by molar-refractivity contribution is 7.12. The second-order valence-corrected chi connectivity index (χ2v) is 3.44. The number of methoxy groups -OCH3 is 1. The number of hydrogen-bond donors (Lipinski definition) is 0. The predicted octanol–water partition coefficient (Wildman–Crippen LogP) is 2.37. The fourth-order valence-corrected chi connectivity index (χ4v) is 1.70. The highest BCUT2D eigenvalue weighted by Gasteiger charge is 1.99. The van der Waals surface area contributed by atoms with Crippen LogP contribution in [0.15, 0.2) is 6.07 Å². The van der Waals surface area contributed by atoms with Gasteiger partial charge in [-0.15, -0.1) is 11.3 Å². The molecule has 1 heterocycles. The van der Waals surface area contributed by atoms with Gasteiger partial charge in [-0.25, -0.2) is 0 Å². The van der Waals surface area contributed by atoms with Gasteiger partial charge in [0, 0.05) is 9.75 Å². The van der Waals surface area contributed by atoms with Gasteiger partial charge in [0.05, 0.1) is 7.11 Å². The molecule has 0 fully saturated rings. The van der Waals surface area contributed by atoms with Gasteiger partial charge in [0.2, 0.25) is 0 Å². The zero-order valence-corrected chi connectivity index (χ0v) is 6.71. The maximum absolute atomic E-state index is 5.08. The lowest BCUT2D eigenvalue weighted by Crippen LogP contribution is -1.79. The first-order valence-electron chi connectivity index (χ1n) is 2.85. The average Bonchev–Trinajstić information content (AvgIpc) is 2.10. The smallest absolute Gasteiger partial charge is 0.132 e. The van der Waals surface area contributed by atoms with Crippen molar-refractivity contribution in [3.8, 4) is 5.75 Å². The Morgan fingerprint density at radius 1 is 1.44 bits per heavy atom. The predicted molar refractivity (Wildman–Crippen MR) is 40.3 cm³/mol. The zero-order chi connectivity index (χ0) is 6.85. The molecule has 0 radical (unpaired) electrons. The third-order valence-corrected chi connectivity index (χ3v) is 2.16. The van der Waals surface area contributed by atoms with Gasteiger partial charge in [0.1, 0.15) is 5.75 Å². The Morgan fingerprint density at radius 2 is 2.11 bits per heavy atom. The van der Waals surface area contributed by atoms with E-state index in [9.17, 15) is 0 Å². The third kappa shape index (κ3) is 1.24. The molecule has 0 bridgehead atoms. The van der Waals surface area contributed by atoms with Crippen LogP contribution in [0.3, 0.4) is 0 Å². The first-order chi connectivity index (χ1) is 4.24. The largest absolute Gasteiger partial charge is 0.496 e. The molecule has 0 unspecified atom stereocenters. The minimum absolute atomic E-state index is 1.01.